The SMILES string of the molecule is NC(=O)C1CCC(c2cn3cnc(-c4cc5nc(Oc6ccccc6)ccc5cc4Cl)c3c(N)n2)CC1. The number of carbonyl (C=O) groups excluding carboxylic acids is 1. The highest BCUT2D eigenvalue weighted by atomic mass is 35.5. The number of fused-ring (bicyclic) bond motifs is 2. The molecule has 1 fully saturated rings. The number of hydrogen-bond acceptors (Lipinski definition) is 6. The lowest BCUT2D eigenvalue weighted by atomic mass is 9.80. The van der Waals surface area contributed by atoms with E-state index in [-0.39, 0.29) is 17.7 Å². The molecule has 0 unspecified atom stereocenters. The third-order valence-electron chi connectivity index (χ3n) is 7.08. The topological polar surface area (TPSA) is 121 Å². The fourth-order valence-corrected chi connectivity index (χ4v) is 5.38. The number of aromatic nitrogens is 4. The van der Waals surface area contributed by atoms with Crippen LogP contribution in [0, 0.1) is 5.92 Å². The summed E-state index contributed by atoms with van der Waals surface area (Å²) in [5.41, 5.74) is 15.6. The predicted octanol–water partition coefficient (Wildman–Crippen LogP) is 5.73. The van der Waals surface area contributed by atoms with Gasteiger partial charge in [-0.05, 0) is 56.0 Å². The number of rotatable bonds is 5. The molecule has 0 atom stereocenters. The summed E-state index contributed by atoms with van der Waals surface area (Å²) in [6.07, 6.45) is 6.93. The summed E-state index contributed by atoms with van der Waals surface area (Å²) in [5, 5.41) is 1.43. The molecule has 3 aromatic heterocycles. The van der Waals surface area contributed by atoms with E-state index in [9.17, 15) is 4.79 Å². The smallest absolute Gasteiger partial charge is 0.220 e. The number of anilines is 1. The van der Waals surface area contributed by atoms with Crippen LogP contribution in [0.5, 0.6) is 11.6 Å². The van der Waals surface area contributed by atoms with E-state index in [2.05, 4.69) is 9.97 Å². The number of ether oxygens (including phenoxy) is 1. The number of carbonyl (C=O) groups is 1. The van der Waals surface area contributed by atoms with Gasteiger partial charge in [-0.25, -0.2) is 15.0 Å². The van der Waals surface area contributed by atoms with Gasteiger partial charge in [0.05, 0.1) is 16.2 Å². The zero-order valence-corrected chi connectivity index (χ0v) is 20.7. The van der Waals surface area contributed by atoms with Crippen LogP contribution < -0.4 is 16.2 Å². The van der Waals surface area contributed by atoms with Gasteiger partial charge in [0.1, 0.15) is 29.1 Å². The maximum atomic E-state index is 11.5. The molecule has 186 valence electrons. The van der Waals surface area contributed by atoms with Crippen LogP contribution in [0.25, 0.3) is 27.7 Å². The number of benzene rings is 2. The van der Waals surface area contributed by atoms with Crippen molar-refractivity contribution in [3.05, 3.63) is 77.8 Å². The van der Waals surface area contributed by atoms with Crippen LogP contribution in [0.3, 0.4) is 0 Å². The van der Waals surface area contributed by atoms with Crippen molar-refractivity contribution in [2.24, 2.45) is 11.7 Å². The Morgan fingerprint density at radius 2 is 1.81 bits per heavy atom. The Bertz CT molecular complexity index is 1630. The molecule has 1 amide bonds. The molecule has 0 spiro atoms. The minimum atomic E-state index is -0.221. The van der Waals surface area contributed by atoms with E-state index in [0.29, 0.717) is 39.2 Å². The molecular weight excluding hydrogens is 488 g/mol. The number of nitrogen functional groups attached to an aromatic ring is 1. The normalized spacial score (nSPS) is 17.8. The first-order valence-electron chi connectivity index (χ1n) is 12.2. The first kappa shape index (κ1) is 23.2. The summed E-state index contributed by atoms with van der Waals surface area (Å²) in [5.74, 6) is 1.53. The zero-order valence-electron chi connectivity index (χ0n) is 20.0. The molecule has 3 heterocycles. The lowest BCUT2D eigenvalue weighted by molar-refractivity contribution is -0.122. The fourth-order valence-electron chi connectivity index (χ4n) is 5.12. The molecule has 0 bridgehead atoms. The van der Waals surface area contributed by atoms with E-state index in [1.54, 1.807) is 6.33 Å². The summed E-state index contributed by atoms with van der Waals surface area (Å²) in [6, 6.07) is 17.0. The molecular formula is C28H25ClN6O2. The highest BCUT2D eigenvalue weighted by molar-refractivity contribution is 6.34. The van der Waals surface area contributed by atoms with E-state index in [1.165, 1.54) is 0 Å². The minimum absolute atomic E-state index is 0.0561. The average Bonchev–Trinajstić information content (AvgIpc) is 3.33. The van der Waals surface area contributed by atoms with Gasteiger partial charge in [-0.15, -0.1) is 0 Å². The number of pyridine rings is 1. The predicted molar refractivity (Wildman–Crippen MR) is 144 cm³/mol. The Morgan fingerprint density at radius 1 is 1.03 bits per heavy atom. The number of halogens is 1. The molecule has 1 saturated carbocycles. The number of nitrogens with zero attached hydrogens (tertiary/aromatic N) is 4. The Kier molecular flexibility index (Phi) is 5.88. The first-order valence-corrected chi connectivity index (χ1v) is 12.6. The van der Waals surface area contributed by atoms with Crippen LogP contribution in [-0.2, 0) is 4.79 Å². The van der Waals surface area contributed by atoms with Crippen molar-refractivity contribution in [1.82, 2.24) is 19.4 Å². The van der Waals surface area contributed by atoms with Crippen molar-refractivity contribution >= 4 is 39.7 Å². The number of primary amides is 1. The Hall–Kier alpha value is -4.17. The van der Waals surface area contributed by atoms with Crippen molar-refractivity contribution < 1.29 is 9.53 Å². The van der Waals surface area contributed by atoms with Gasteiger partial charge < -0.3 is 20.6 Å². The highest BCUT2D eigenvalue weighted by Gasteiger charge is 2.27. The van der Waals surface area contributed by atoms with E-state index in [0.717, 1.165) is 42.3 Å². The van der Waals surface area contributed by atoms with Gasteiger partial charge in [0.2, 0.25) is 11.8 Å². The Labute approximate surface area is 218 Å². The molecule has 2 aromatic carbocycles. The molecule has 0 aliphatic heterocycles. The third kappa shape index (κ3) is 4.44. The van der Waals surface area contributed by atoms with E-state index >= 15 is 0 Å². The maximum Gasteiger partial charge on any atom is 0.220 e. The lowest BCUT2D eigenvalue weighted by Gasteiger charge is -2.26. The molecule has 0 radical (unpaired) electrons. The van der Waals surface area contributed by atoms with Crippen LogP contribution in [-0.4, -0.2) is 25.3 Å². The average molecular weight is 513 g/mol. The molecule has 1 aliphatic carbocycles. The summed E-state index contributed by atoms with van der Waals surface area (Å²) >= 11 is 6.70. The Morgan fingerprint density at radius 3 is 2.57 bits per heavy atom. The van der Waals surface area contributed by atoms with Crippen LogP contribution in [0.1, 0.15) is 37.3 Å². The summed E-state index contributed by atoms with van der Waals surface area (Å²) < 4.78 is 7.81. The number of nitrogens with two attached hydrogens (primary N) is 2. The van der Waals surface area contributed by atoms with Gasteiger partial charge in [0.25, 0.3) is 0 Å². The minimum Gasteiger partial charge on any atom is -0.439 e. The largest absolute Gasteiger partial charge is 0.439 e. The second-order valence-electron chi connectivity index (χ2n) is 9.44. The molecule has 37 heavy (non-hydrogen) atoms. The fraction of sp³-hybridized carbons (Fsp3) is 0.214. The van der Waals surface area contributed by atoms with Crippen LogP contribution in [0.2, 0.25) is 5.02 Å². The number of hydrogen-bond donors (Lipinski definition) is 2. The highest BCUT2D eigenvalue weighted by Crippen LogP contribution is 2.38. The van der Waals surface area contributed by atoms with Crippen molar-refractivity contribution in [1.29, 1.82) is 0 Å². The molecule has 9 heteroatoms. The van der Waals surface area contributed by atoms with Crippen LogP contribution >= 0.6 is 11.6 Å². The standard InChI is InChI=1S/C28H25ClN6O2/c29-21-12-18-10-11-24(37-19-4-2-1-3-5-19)33-22(18)13-20(21)25-26-27(30)34-23(14-35(26)15-32-25)16-6-8-17(9-7-16)28(31)36/h1-5,10-17H,6-9H2,(H2,30,34)(H2,31,36). The molecule has 0 saturated heterocycles. The first-order chi connectivity index (χ1) is 18.0. The van der Waals surface area contributed by atoms with Crippen molar-refractivity contribution in [2.75, 3.05) is 5.73 Å². The molecule has 8 nitrogen and oxygen atoms in total. The van der Waals surface area contributed by atoms with Gasteiger partial charge in [0.15, 0.2) is 0 Å². The number of imidazole rings is 1. The number of para-hydroxylation sites is 1. The second-order valence-corrected chi connectivity index (χ2v) is 9.85. The van der Waals surface area contributed by atoms with Crippen LogP contribution in [0.4, 0.5) is 5.82 Å². The summed E-state index contributed by atoms with van der Waals surface area (Å²) in [7, 11) is 0. The molecule has 6 rings (SSSR count). The summed E-state index contributed by atoms with van der Waals surface area (Å²) in [6.45, 7) is 0. The maximum absolute atomic E-state index is 11.5. The van der Waals surface area contributed by atoms with E-state index in [1.807, 2.05) is 65.2 Å². The second kappa shape index (κ2) is 9.37. The molecule has 4 N–H and O–H groups in total. The zero-order chi connectivity index (χ0) is 25.5. The van der Waals surface area contributed by atoms with Gasteiger partial charge in [-0.1, -0.05) is 29.8 Å². The number of amides is 1. The van der Waals surface area contributed by atoms with Gasteiger partial charge in [0, 0.05) is 35.0 Å². The van der Waals surface area contributed by atoms with Crippen LogP contribution in [0.15, 0.2) is 67.1 Å². The van der Waals surface area contributed by atoms with Gasteiger partial charge in [-0.3, -0.25) is 4.79 Å². The van der Waals surface area contributed by atoms with Crippen molar-refractivity contribution in [3.8, 4) is 22.9 Å². The lowest BCUT2D eigenvalue weighted by Crippen LogP contribution is -2.27. The monoisotopic (exact) mass is 512 g/mol. The Balaban J connectivity index is 1.35. The van der Waals surface area contributed by atoms with Gasteiger partial charge >= 0.3 is 0 Å². The summed E-state index contributed by atoms with van der Waals surface area (Å²) in [4.78, 5) is 25.6. The quantitative estimate of drug-likeness (QED) is 0.310. The van der Waals surface area contributed by atoms with Gasteiger partial charge in [-0.2, -0.15) is 0 Å². The van der Waals surface area contributed by atoms with Crippen molar-refractivity contribution in [3.63, 3.8) is 0 Å². The van der Waals surface area contributed by atoms with E-state index in [4.69, 9.17) is 32.8 Å². The van der Waals surface area contributed by atoms with Crippen molar-refractivity contribution in [2.45, 2.75) is 31.6 Å². The third-order valence-corrected chi connectivity index (χ3v) is 7.39. The van der Waals surface area contributed by atoms with E-state index < -0.39 is 0 Å². The molecule has 5 aromatic rings. The molecule has 1 aliphatic rings.